The van der Waals surface area contributed by atoms with Gasteiger partial charge in [-0.05, 0) is 42.8 Å². The number of halogens is 3. The summed E-state index contributed by atoms with van der Waals surface area (Å²) < 4.78 is 38.9. The van der Waals surface area contributed by atoms with Crippen LogP contribution >= 0.6 is 0 Å². The first-order valence-electron chi connectivity index (χ1n) is 10.7. The Morgan fingerprint density at radius 3 is 2.34 bits per heavy atom. The number of nitrogens with one attached hydrogen (secondary N) is 1. The summed E-state index contributed by atoms with van der Waals surface area (Å²) in [6.45, 7) is 2.55. The number of alkyl halides is 3. The van der Waals surface area contributed by atoms with Crippen molar-refractivity contribution in [2.24, 2.45) is 0 Å². The molecule has 1 fully saturated rings. The van der Waals surface area contributed by atoms with Crippen LogP contribution in [0.1, 0.15) is 21.5 Å². The molecule has 0 unspecified atom stereocenters. The number of benzene rings is 2. The molecule has 0 bridgehead atoms. The van der Waals surface area contributed by atoms with E-state index in [-0.39, 0.29) is 37.4 Å². The van der Waals surface area contributed by atoms with Crippen molar-refractivity contribution in [1.29, 1.82) is 0 Å². The van der Waals surface area contributed by atoms with Gasteiger partial charge in [0.2, 0.25) is 0 Å². The number of H-pyrrole nitrogens is 1. The first-order valence-corrected chi connectivity index (χ1v) is 10.7. The summed E-state index contributed by atoms with van der Waals surface area (Å²) in [6, 6.07) is 13.1. The lowest BCUT2D eigenvalue weighted by molar-refractivity contribution is -0.384. The largest absolute Gasteiger partial charge is 0.416 e. The molecule has 0 radical (unpaired) electrons. The number of aromatic amines is 1. The number of nitro groups is 1. The Hall–Kier alpha value is -4.15. The third-order valence-electron chi connectivity index (χ3n) is 5.88. The summed E-state index contributed by atoms with van der Waals surface area (Å²) in [7, 11) is 0. The molecule has 4 rings (SSSR count). The van der Waals surface area contributed by atoms with E-state index in [1.165, 1.54) is 11.0 Å². The SMILES string of the molecule is Cc1cccc(-c2ccc(C(=O)N3CCN(c4ccc(C(F)(F)F)cc4[N+](=O)[O-])CC3)c(=O)[nH]2)c1. The number of aryl methyl sites for hydroxylation is 1. The molecule has 0 atom stereocenters. The minimum absolute atomic E-state index is 0.0321. The van der Waals surface area contributed by atoms with Gasteiger partial charge in [0.25, 0.3) is 17.2 Å². The number of amides is 1. The fraction of sp³-hybridized carbons (Fsp3) is 0.250. The van der Waals surface area contributed by atoms with E-state index in [9.17, 15) is 32.9 Å². The van der Waals surface area contributed by atoms with Crippen molar-refractivity contribution in [2.45, 2.75) is 13.1 Å². The molecule has 1 saturated heterocycles. The van der Waals surface area contributed by atoms with E-state index in [1.54, 1.807) is 11.0 Å². The van der Waals surface area contributed by atoms with Crippen LogP contribution in [0.15, 0.2) is 59.4 Å². The Morgan fingerprint density at radius 1 is 1.03 bits per heavy atom. The number of nitrogens with zero attached hydrogens (tertiary/aromatic N) is 3. The quantitative estimate of drug-likeness (QED) is 0.439. The highest BCUT2D eigenvalue weighted by molar-refractivity contribution is 5.94. The summed E-state index contributed by atoms with van der Waals surface area (Å²) in [4.78, 5) is 41.9. The number of aromatic nitrogens is 1. The van der Waals surface area contributed by atoms with Gasteiger partial charge in [-0.2, -0.15) is 13.2 Å². The Kier molecular flexibility index (Phi) is 6.33. The molecule has 2 aromatic carbocycles. The third kappa shape index (κ3) is 5.03. The maximum atomic E-state index is 13.0. The fourth-order valence-corrected chi connectivity index (χ4v) is 4.06. The van der Waals surface area contributed by atoms with Crippen LogP contribution in [0.25, 0.3) is 11.3 Å². The van der Waals surface area contributed by atoms with Crippen LogP contribution < -0.4 is 10.5 Å². The maximum absolute atomic E-state index is 13.0. The van der Waals surface area contributed by atoms with Crippen molar-refractivity contribution in [2.75, 3.05) is 31.1 Å². The number of rotatable bonds is 4. The van der Waals surface area contributed by atoms with Gasteiger partial charge in [0.05, 0.1) is 10.5 Å². The molecule has 1 aliphatic heterocycles. The number of nitro benzene ring substituents is 1. The smallest absolute Gasteiger partial charge is 0.362 e. The second kappa shape index (κ2) is 9.24. The molecule has 0 aliphatic carbocycles. The summed E-state index contributed by atoms with van der Waals surface area (Å²) in [5.41, 5.74) is 0.149. The minimum atomic E-state index is -4.70. The third-order valence-corrected chi connectivity index (χ3v) is 5.88. The predicted octanol–water partition coefficient (Wildman–Crippen LogP) is 4.24. The van der Waals surface area contributed by atoms with Crippen molar-refractivity contribution < 1.29 is 22.9 Å². The highest BCUT2D eigenvalue weighted by atomic mass is 19.4. The minimum Gasteiger partial charge on any atom is -0.362 e. The van der Waals surface area contributed by atoms with Crippen molar-refractivity contribution in [3.05, 3.63) is 91.8 Å². The first-order chi connectivity index (χ1) is 16.5. The highest BCUT2D eigenvalue weighted by Crippen LogP contribution is 2.36. The van der Waals surface area contributed by atoms with E-state index in [0.717, 1.165) is 23.3 Å². The summed E-state index contributed by atoms with van der Waals surface area (Å²) >= 11 is 0. The van der Waals surface area contributed by atoms with Gasteiger partial charge in [-0.15, -0.1) is 0 Å². The molecule has 0 spiro atoms. The fourth-order valence-electron chi connectivity index (χ4n) is 4.06. The lowest BCUT2D eigenvalue weighted by Gasteiger charge is -2.35. The van der Waals surface area contributed by atoms with Gasteiger partial charge in [0, 0.05) is 37.9 Å². The zero-order valence-corrected chi connectivity index (χ0v) is 18.6. The molecule has 3 aromatic rings. The van der Waals surface area contributed by atoms with E-state index < -0.39 is 33.8 Å². The molecule has 1 aliphatic rings. The molecule has 1 aromatic heterocycles. The number of hydrogen-bond donors (Lipinski definition) is 1. The topological polar surface area (TPSA) is 99.5 Å². The molecule has 182 valence electrons. The van der Waals surface area contributed by atoms with E-state index >= 15 is 0 Å². The van der Waals surface area contributed by atoms with Crippen LogP contribution in [-0.4, -0.2) is 46.9 Å². The van der Waals surface area contributed by atoms with Gasteiger partial charge in [-0.25, -0.2) is 0 Å². The van der Waals surface area contributed by atoms with Crippen LogP contribution in [0, 0.1) is 17.0 Å². The van der Waals surface area contributed by atoms with Gasteiger partial charge < -0.3 is 14.8 Å². The molecular formula is C24H21F3N4O4. The summed E-state index contributed by atoms with van der Waals surface area (Å²) in [6.07, 6.45) is -4.70. The van der Waals surface area contributed by atoms with E-state index in [2.05, 4.69) is 4.98 Å². The zero-order chi connectivity index (χ0) is 25.3. The molecular weight excluding hydrogens is 465 g/mol. The Labute approximate surface area is 197 Å². The van der Waals surface area contributed by atoms with Gasteiger partial charge in [0.15, 0.2) is 0 Å². The number of carbonyl (C=O) groups excluding carboxylic acids is 1. The first kappa shape index (κ1) is 24.0. The highest BCUT2D eigenvalue weighted by Gasteiger charge is 2.34. The average Bonchev–Trinajstić information content (AvgIpc) is 2.82. The molecule has 11 heteroatoms. The molecule has 1 amide bonds. The van der Waals surface area contributed by atoms with E-state index in [0.29, 0.717) is 11.8 Å². The predicted molar refractivity (Wildman–Crippen MR) is 123 cm³/mol. The van der Waals surface area contributed by atoms with Crippen LogP contribution in [0.4, 0.5) is 24.5 Å². The van der Waals surface area contributed by atoms with Crippen LogP contribution in [0.2, 0.25) is 0 Å². The lowest BCUT2D eigenvalue weighted by Crippen LogP contribution is -2.49. The second-order valence-electron chi connectivity index (χ2n) is 8.22. The van der Waals surface area contributed by atoms with Crippen LogP contribution in [0.5, 0.6) is 0 Å². The second-order valence-corrected chi connectivity index (χ2v) is 8.22. The average molecular weight is 486 g/mol. The van der Waals surface area contributed by atoms with Crippen molar-refractivity contribution in [3.8, 4) is 11.3 Å². The molecule has 0 saturated carbocycles. The Balaban J connectivity index is 1.49. The van der Waals surface area contributed by atoms with Crippen molar-refractivity contribution in [3.63, 3.8) is 0 Å². The van der Waals surface area contributed by atoms with Gasteiger partial charge in [-0.3, -0.25) is 19.7 Å². The normalized spacial score (nSPS) is 14.2. The lowest BCUT2D eigenvalue weighted by atomic mass is 10.1. The van der Waals surface area contributed by atoms with Crippen molar-refractivity contribution >= 4 is 17.3 Å². The summed E-state index contributed by atoms with van der Waals surface area (Å²) in [5.74, 6) is -0.483. The van der Waals surface area contributed by atoms with Crippen LogP contribution in [0.3, 0.4) is 0 Å². The van der Waals surface area contributed by atoms with E-state index in [4.69, 9.17) is 0 Å². The zero-order valence-electron chi connectivity index (χ0n) is 18.6. The number of carbonyl (C=O) groups is 1. The van der Waals surface area contributed by atoms with E-state index in [1.807, 2.05) is 31.2 Å². The molecule has 1 N–H and O–H groups in total. The number of piperazine rings is 1. The Bertz CT molecular complexity index is 1350. The molecule has 2 heterocycles. The maximum Gasteiger partial charge on any atom is 0.416 e. The van der Waals surface area contributed by atoms with Crippen molar-refractivity contribution in [1.82, 2.24) is 9.88 Å². The monoisotopic (exact) mass is 486 g/mol. The van der Waals surface area contributed by atoms with Gasteiger partial charge in [-0.1, -0.05) is 23.8 Å². The van der Waals surface area contributed by atoms with Gasteiger partial charge in [0.1, 0.15) is 11.3 Å². The molecule has 35 heavy (non-hydrogen) atoms. The standard InChI is InChI=1S/C24H21F3N4O4/c1-15-3-2-4-16(13-15)19-7-6-18(22(32)28-19)23(33)30-11-9-29(10-12-30)20-8-5-17(24(25,26)27)14-21(20)31(34)35/h2-8,13-14H,9-12H2,1H3,(H,28,32). The molecule has 8 nitrogen and oxygen atoms in total. The number of hydrogen-bond acceptors (Lipinski definition) is 5. The number of anilines is 1. The Morgan fingerprint density at radius 2 is 1.74 bits per heavy atom. The van der Waals surface area contributed by atoms with Crippen LogP contribution in [-0.2, 0) is 6.18 Å². The summed E-state index contributed by atoms with van der Waals surface area (Å²) in [5, 5.41) is 11.4. The number of pyridine rings is 1. The van der Waals surface area contributed by atoms with Gasteiger partial charge >= 0.3 is 6.18 Å².